The fraction of sp³-hybridized carbons (Fsp3) is 0.219. The number of ether oxygens (including phenoxy) is 2. The van der Waals surface area contributed by atoms with Gasteiger partial charge in [-0.15, -0.1) is 0 Å². The van der Waals surface area contributed by atoms with E-state index in [0.717, 1.165) is 22.6 Å². The summed E-state index contributed by atoms with van der Waals surface area (Å²) in [5.41, 5.74) is 4.60. The molecule has 11 heteroatoms. The van der Waals surface area contributed by atoms with E-state index < -0.39 is 16.9 Å². The van der Waals surface area contributed by atoms with Gasteiger partial charge in [0.05, 0.1) is 33.4 Å². The second kappa shape index (κ2) is 12.1. The Bertz CT molecular complexity index is 1950. The first kappa shape index (κ1) is 29.5. The summed E-state index contributed by atoms with van der Waals surface area (Å²) < 4.78 is 15.0. The lowest BCUT2D eigenvalue weighted by Gasteiger charge is -2.24. The molecule has 2 aromatic carbocycles. The molecule has 0 saturated carbocycles. The molecule has 220 valence electrons. The molecule has 0 saturated heterocycles. The number of hydrogen-bond acceptors (Lipinski definition) is 8. The normalized spacial score (nSPS) is 14.7. The summed E-state index contributed by atoms with van der Waals surface area (Å²) in [7, 11) is 0. The lowest BCUT2D eigenvalue weighted by atomic mass is 9.96. The molecule has 4 aromatic rings. The first-order valence-electron chi connectivity index (χ1n) is 13.6. The zero-order valence-corrected chi connectivity index (χ0v) is 25.0. The minimum atomic E-state index is -0.738. The lowest BCUT2D eigenvalue weighted by molar-refractivity contribution is -0.384. The van der Waals surface area contributed by atoms with Crippen LogP contribution in [0, 0.1) is 24.0 Å². The Balaban J connectivity index is 1.63. The van der Waals surface area contributed by atoms with Gasteiger partial charge in [0.25, 0.3) is 11.2 Å². The predicted molar refractivity (Wildman–Crippen MR) is 164 cm³/mol. The molecule has 2 aromatic heterocycles. The molecule has 0 amide bonds. The zero-order valence-electron chi connectivity index (χ0n) is 24.2. The molecular weight excluding hydrogens is 568 g/mol. The summed E-state index contributed by atoms with van der Waals surface area (Å²) >= 11 is 1.25. The molecule has 10 nitrogen and oxygen atoms in total. The smallest absolute Gasteiger partial charge is 0.338 e. The highest BCUT2D eigenvalue weighted by Crippen LogP contribution is 2.32. The standard InChI is InChI=1S/C32H30N4O6S/c1-6-16-42-26-14-8-22(9-15-26)29-28(31(38)41-7-2)20(4)33-32-35(29)30(37)27(43-32)18-23-17-19(3)34(21(23)5)24-10-12-25(13-11-24)36(39)40/h6,8-15,17-18,29H,1,7,16H2,2-5H3/b27-18-/t29-/m1/s1. The van der Waals surface area contributed by atoms with Gasteiger partial charge >= 0.3 is 5.97 Å². The minimum absolute atomic E-state index is 0.0125. The maximum absolute atomic E-state index is 14.0. The van der Waals surface area contributed by atoms with Crippen LogP contribution in [0.25, 0.3) is 11.8 Å². The number of aromatic nitrogens is 2. The van der Waals surface area contributed by atoms with Crippen molar-refractivity contribution < 1.29 is 19.2 Å². The number of nitro groups is 1. The van der Waals surface area contributed by atoms with E-state index in [-0.39, 0.29) is 17.9 Å². The van der Waals surface area contributed by atoms with Gasteiger partial charge in [-0.25, -0.2) is 9.79 Å². The van der Waals surface area contributed by atoms with Crippen molar-refractivity contribution >= 4 is 29.1 Å². The predicted octanol–water partition coefficient (Wildman–Crippen LogP) is 4.68. The van der Waals surface area contributed by atoms with Gasteiger partial charge in [0.15, 0.2) is 4.80 Å². The third kappa shape index (κ3) is 5.59. The molecule has 0 unspecified atom stereocenters. The fourth-order valence-corrected chi connectivity index (χ4v) is 6.24. The van der Waals surface area contributed by atoms with Crippen molar-refractivity contribution in [3.8, 4) is 11.4 Å². The molecule has 0 radical (unpaired) electrons. The molecule has 43 heavy (non-hydrogen) atoms. The maximum atomic E-state index is 14.0. The highest BCUT2D eigenvalue weighted by atomic mass is 32.1. The Labute approximate surface area is 251 Å². The average molecular weight is 599 g/mol. The molecule has 0 fully saturated rings. The number of aryl methyl sites for hydroxylation is 1. The van der Waals surface area contributed by atoms with E-state index in [1.54, 1.807) is 48.8 Å². The van der Waals surface area contributed by atoms with Crippen LogP contribution < -0.4 is 19.6 Å². The maximum Gasteiger partial charge on any atom is 0.338 e. The molecule has 0 aliphatic carbocycles. The molecule has 1 aliphatic rings. The van der Waals surface area contributed by atoms with Gasteiger partial charge in [-0.05, 0) is 75.2 Å². The third-order valence-electron chi connectivity index (χ3n) is 7.16. The van der Waals surface area contributed by atoms with Gasteiger partial charge in [-0.1, -0.05) is 36.1 Å². The number of non-ortho nitro benzene ring substituents is 1. The van der Waals surface area contributed by atoms with Crippen molar-refractivity contribution in [3.05, 3.63) is 131 Å². The first-order chi connectivity index (χ1) is 20.6. The molecule has 1 atom stereocenters. The van der Waals surface area contributed by atoms with Crippen LogP contribution in [0.3, 0.4) is 0 Å². The Hall–Kier alpha value is -5.03. The van der Waals surface area contributed by atoms with Crippen LogP contribution in [0.1, 0.15) is 42.4 Å². The van der Waals surface area contributed by atoms with E-state index in [2.05, 4.69) is 11.6 Å². The minimum Gasteiger partial charge on any atom is -0.490 e. The summed E-state index contributed by atoms with van der Waals surface area (Å²) in [6.07, 6.45) is 3.47. The zero-order chi connectivity index (χ0) is 30.8. The van der Waals surface area contributed by atoms with Crippen molar-refractivity contribution in [1.82, 2.24) is 9.13 Å². The van der Waals surface area contributed by atoms with Crippen molar-refractivity contribution in [2.75, 3.05) is 13.2 Å². The molecule has 5 rings (SSSR count). The number of thiazole rings is 1. The summed E-state index contributed by atoms with van der Waals surface area (Å²) in [6.45, 7) is 11.6. The summed E-state index contributed by atoms with van der Waals surface area (Å²) in [4.78, 5) is 43.0. The largest absolute Gasteiger partial charge is 0.490 e. The van der Waals surface area contributed by atoms with E-state index in [1.807, 2.05) is 42.7 Å². The van der Waals surface area contributed by atoms with Gasteiger partial charge in [0.2, 0.25) is 0 Å². The summed E-state index contributed by atoms with van der Waals surface area (Å²) in [5.74, 6) is 0.111. The molecule has 0 bridgehead atoms. The highest BCUT2D eigenvalue weighted by molar-refractivity contribution is 7.07. The lowest BCUT2D eigenvalue weighted by Crippen LogP contribution is -2.39. The van der Waals surface area contributed by atoms with Crippen LogP contribution in [0.5, 0.6) is 5.75 Å². The Morgan fingerprint density at radius 3 is 2.47 bits per heavy atom. The van der Waals surface area contributed by atoms with E-state index in [4.69, 9.17) is 9.47 Å². The number of carbonyl (C=O) groups is 1. The van der Waals surface area contributed by atoms with Crippen LogP contribution in [-0.4, -0.2) is 33.2 Å². The topological polar surface area (TPSA) is 118 Å². The number of nitro benzene ring substituents is 1. The molecule has 0 N–H and O–H groups in total. The van der Waals surface area contributed by atoms with Crippen molar-refractivity contribution in [3.63, 3.8) is 0 Å². The number of fused-ring (bicyclic) bond motifs is 1. The molecule has 1 aliphatic heterocycles. The number of hydrogen-bond donors (Lipinski definition) is 0. The average Bonchev–Trinajstić information content (AvgIpc) is 3.44. The SMILES string of the molecule is C=CCOc1ccc([C@@H]2C(C(=O)OCC)=C(C)N=c3s/c(=C\c4cc(C)n(-c5ccc([N+](=O)[O-])cc5)c4C)c(=O)n32)cc1. The van der Waals surface area contributed by atoms with Gasteiger partial charge in [0.1, 0.15) is 12.4 Å². The second-order valence-corrected chi connectivity index (χ2v) is 10.9. The van der Waals surface area contributed by atoms with Crippen LogP contribution >= 0.6 is 11.3 Å². The van der Waals surface area contributed by atoms with Crippen LogP contribution in [-0.2, 0) is 9.53 Å². The Morgan fingerprint density at radius 2 is 1.84 bits per heavy atom. The van der Waals surface area contributed by atoms with Crippen molar-refractivity contribution in [1.29, 1.82) is 0 Å². The Morgan fingerprint density at radius 1 is 1.14 bits per heavy atom. The van der Waals surface area contributed by atoms with E-state index in [9.17, 15) is 19.7 Å². The fourth-order valence-electron chi connectivity index (χ4n) is 5.20. The summed E-state index contributed by atoms with van der Waals surface area (Å²) in [6, 6.07) is 14.8. The number of nitrogens with zero attached hydrogens (tertiary/aromatic N) is 4. The number of benzene rings is 2. The highest BCUT2D eigenvalue weighted by Gasteiger charge is 2.33. The monoisotopic (exact) mass is 598 g/mol. The molecule has 0 spiro atoms. The number of allylic oxidation sites excluding steroid dienone is 1. The third-order valence-corrected chi connectivity index (χ3v) is 8.14. The number of carbonyl (C=O) groups excluding carboxylic acids is 1. The Kier molecular flexibility index (Phi) is 8.27. The quantitative estimate of drug-likeness (QED) is 0.120. The number of rotatable bonds is 9. The molecular formula is C32H30N4O6S. The van der Waals surface area contributed by atoms with Gasteiger partial charge < -0.3 is 14.0 Å². The van der Waals surface area contributed by atoms with Crippen LogP contribution in [0.4, 0.5) is 5.69 Å². The second-order valence-electron chi connectivity index (χ2n) is 9.91. The molecule has 3 heterocycles. The first-order valence-corrected chi connectivity index (χ1v) is 14.4. The van der Waals surface area contributed by atoms with Crippen molar-refractivity contribution in [2.24, 2.45) is 4.99 Å². The van der Waals surface area contributed by atoms with Gasteiger partial charge in [-0.2, -0.15) is 0 Å². The van der Waals surface area contributed by atoms with Gasteiger partial charge in [-0.3, -0.25) is 19.5 Å². The van der Waals surface area contributed by atoms with E-state index in [0.29, 0.717) is 38.5 Å². The van der Waals surface area contributed by atoms with Crippen molar-refractivity contribution in [2.45, 2.75) is 33.7 Å². The van der Waals surface area contributed by atoms with E-state index in [1.165, 1.54) is 23.5 Å². The summed E-state index contributed by atoms with van der Waals surface area (Å²) in [5, 5.41) is 11.1. The van der Waals surface area contributed by atoms with Crippen LogP contribution in [0.2, 0.25) is 0 Å². The van der Waals surface area contributed by atoms with Gasteiger partial charge in [0, 0.05) is 29.2 Å². The number of esters is 1. The van der Waals surface area contributed by atoms with E-state index >= 15 is 0 Å². The van der Waals surface area contributed by atoms with Crippen LogP contribution in [0.15, 0.2) is 88.3 Å².